The number of rotatable bonds is 15. The molecule has 1 fully saturated rings. The third-order valence-electron chi connectivity index (χ3n) is 9.71. The summed E-state index contributed by atoms with van der Waals surface area (Å²) in [6.07, 6.45) is 2.35. The summed E-state index contributed by atoms with van der Waals surface area (Å²) in [4.78, 5) is 93.4. The molecule has 1 atom stereocenters. The summed E-state index contributed by atoms with van der Waals surface area (Å²) in [6.45, 7) is -0.660. The molecular weight excluding hydrogens is 743 g/mol. The van der Waals surface area contributed by atoms with E-state index in [1.165, 1.54) is 29.4 Å². The smallest absolute Gasteiger partial charge is 0.242 e. The minimum absolute atomic E-state index is 0.0760. The molecule has 57 heavy (non-hydrogen) atoms. The molecule has 0 saturated carbocycles. The summed E-state index contributed by atoms with van der Waals surface area (Å²) in [7, 11) is 2.46. The van der Waals surface area contributed by atoms with Crippen LogP contribution in [0.1, 0.15) is 42.4 Å². The molecule has 0 aromatic heterocycles. The minimum atomic E-state index is -0.474. The SMILES string of the molecule is NCCCCN1CC(=O)N(Cc2ccccc2)CC(=O)N(Cc2ccccc2)CC(=O)N(CCCCN)CC(=O)N(CP)CC(=O)N(Cc2ccccc2)CC1=O. The summed E-state index contributed by atoms with van der Waals surface area (Å²) in [6, 6.07) is 27.6. The topological polar surface area (TPSA) is 174 Å². The Kier molecular flexibility index (Phi) is 18.6. The Morgan fingerprint density at radius 3 is 0.947 bits per heavy atom. The molecule has 4 N–H and O–H groups in total. The van der Waals surface area contributed by atoms with E-state index in [1.54, 1.807) is 0 Å². The van der Waals surface area contributed by atoms with E-state index < -0.39 is 35.4 Å². The van der Waals surface area contributed by atoms with Gasteiger partial charge in [0.2, 0.25) is 35.4 Å². The van der Waals surface area contributed by atoms with Gasteiger partial charge in [-0.25, -0.2) is 0 Å². The quantitative estimate of drug-likeness (QED) is 0.173. The Bertz CT molecular complexity index is 1750. The number of carbonyl (C=O) groups excluding carboxylic acids is 6. The lowest BCUT2D eigenvalue weighted by Crippen LogP contribution is -2.53. The average Bonchev–Trinajstić information content (AvgIpc) is 3.21. The lowest BCUT2D eigenvalue weighted by atomic mass is 10.2. The van der Waals surface area contributed by atoms with Crippen LogP contribution >= 0.6 is 9.24 Å². The highest BCUT2D eigenvalue weighted by atomic mass is 31.0. The third-order valence-corrected chi connectivity index (χ3v) is 10.1. The van der Waals surface area contributed by atoms with Gasteiger partial charge < -0.3 is 40.9 Å². The maximum absolute atomic E-state index is 14.4. The predicted octanol–water partition coefficient (Wildman–Crippen LogP) is 1.88. The van der Waals surface area contributed by atoms with E-state index >= 15 is 0 Å². The monoisotopic (exact) mass is 800 g/mol. The summed E-state index contributed by atoms with van der Waals surface area (Å²) in [5.74, 6) is -2.78. The predicted molar refractivity (Wildman–Crippen MR) is 222 cm³/mol. The zero-order chi connectivity index (χ0) is 41.0. The summed E-state index contributed by atoms with van der Waals surface area (Å²) in [5, 5.41) is 0. The molecule has 0 aliphatic carbocycles. The fraction of sp³-hybridized carbons (Fsp3) is 0.429. The van der Waals surface area contributed by atoms with Gasteiger partial charge in [-0.2, -0.15) is 0 Å². The number of hydrogen-bond acceptors (Lipinski definition) is 8. The average molecular weight is 801 g/mol. The maximum atomic E-state index is 14.4. The lowest BCUT2D eigenvalue weighted by Gasteiger charge is -2.33. The van der Waals surface area contributed by atoms with E-state index in [4.69, 9.17) is 11.5 Å². The van der Waals surface area contributed by atoms with Crippen LogP contribution in [0.15, 0.2) is 91.0 Å². The molecule has 0 spiro atoms. The van der Waals surface area contributed by atoms with Crippen LogP contribution in [0.2, 0.25) is 0 Å². The first-order valence-corrected chi connectivity index (χ1v) is 20.3. The molecule has 3 aromatic carbocycles. The number of nitrogens with zero attached hydrogens (tertiary/aromatic N) is 6. The highest BCUT2D eigenvalue weighted by Crippen LogP contribution is 2.14. The number of unbranched alkanes of at least 4 members (excludes halogenated alkanes) is 2. The summed E-state index contributed by atoms with van der Waals surface area (Å²) >= 11 is 0. The Morgan fingerprint density at radius 1 is 0.386 bits per heavy atom. The molecule has 1 unspecified atom stereocenters. The Hall–Kier alpha value is -5.17. The summed E-state index contributed by atoms with van der Waals surface area (Å²) < 4.78 is 0. The zero-order valence-corrected chi connectivity index (χ0v) is 33.9. The van der Waals surface area contributed by atoms with Gasteiger partial charge in [-0.1, -0.05) is 91.0 Å². The van der Waals surface area contributed by atoms with E-state index in [2.05, 4.69) is 9.24 Å². The second-order valence-corrected chi connectivity index (χ2v) is 14.5. The molecular formula is C42H57N8O6P. The van der Waals surface area contributed by atoms with Crippen LogP contribution in [0.5, 0.6) is 0 Å². The van der Waals surface area contributed by atoms with Crippen molar-refractivity contribution in [3.05, 3.63) is 108 Å². The number of benzene rings is 3. The van der Waals surface area contributed by atoms with Crippen molar-refractivity contribution in [1.82, 2.24) is 29.4 Å². The van der Waals surface area contributed by atoms with E-state index in [0.717, 1.165) is 16.7 Å². The van der Waals surface area contributed by atoms with Crippen LogP contribution in [0, 0.1) is 0 Å². The van der Waals surface area contributed by atoms with Crippen molar-refractivity contribution in [3.63, 3.8) is 0 Å². The third kappa shape index (κ3) is 14.7. The number of carbonyl (C=O) groups is 6. The van der Waals surface area contributed by atoms with Gasteiger partial charge >= 0.3 is 0 Å². The number of amides is 6. The van der Waals surface area contributed by atoms with Crippen molar-refractivity contribution >= 4 is 44.7 Å². The molecule has 6 amide bonds. The van der Waals surface area contributed by atoms with Crippen molar-refractivity contribution in [2.45, 2.75) is 45.3 Å². The molecule has 0 radical (unpaired) electrons. The van der Waals surface area contributed by atoms with Crippen molar-refractivity contribution in [2.24, 2.45) is 11.5 Å². The second-order valence-electron chi connectivity index (χ2n) is 14.1. The molecule has 15 heteroatoms. The summed E-state index contributed by atoms with van der Waals surface area (Å²) in [5.41, 5.74) is 13.9. The molecule has 1 heterocycles. The Balaban J connectivity index is 1.77. The fourth-order valence-electron chi connectivity index (χ4n) is 6.42. The van der Waals surface area contributed by atoms with Gasteiger partial charge in [0.1, 0.15) is 26.2 Å². The van der Waals surface area contributed by atoms with Crippen LogP contribution in [0.3, 0.4) is 0 Å². The molecule has 0 bridgehead atoms. The highest BCUT2D eigenvalue weighted by molar-refractivity contribution is 7.16. The molecule has 4 rings (SSSR count). The van der Waals surface area contributed by atoms with E-state index in [9.17, 15) is 28.8 Å². The van der Waals surface area contributed by atoms with E-state index in [1.807, 2.05) is 91.0 Å². The number of hydrogen-bond donors (Lipinski definition) is 2. The Labute approximate surface area is 338 Å². The Morgan fingerprint density at radius 2 is 0.649 bits per heavy atom. The van der Waals surface area contributed by atoms with E-state index in [-0.39, 0.29) is 78.3 Å². The van der Waals surface area contributed by atoms with Gasteiger partial charge in [-0.05, 0) is 55.5 Å². The highest BCUT2D eigenvalue weighted by Gasteiger charge is 2.31. The van der Waals surface area contributed by atoms with Crippen LogP contribution in [-0.2, 0) is 48.4 Å². The normalized spacial score (nSPS) is 16.1. The van der Waals surface area contributed by atoms with Gasteiger partial charge in [0.15, 0.2) is 0 Å². The van der Waals surface area contributed by atoms with Gasteiger partial charge in [0.25, 0.3) is 0 Å². The van der Waals surface area contributed by atoms with E-state index in [0.29, 0.717) is 38.8 Å². The minimum Gasteiger partial charge on any atom is -0.332 e. The van der Waals surface area contributed by atoms with Crippen LogP contribution in [0.25, 0.3) is 0 Å². The maximum Gasteiger partial charge on any atom is 0.242 e. The molecule has 3 aromatic rings. The van der Waals surface area contributed by atoms with Gasteiger partial charge in [0.05, 0.1) is 13.1 Å². The largest absolute Gasteiger partial charge is 0.332 e. The van der Waals surface area contributed by atoms with Crippen molar-refractivity contribution in [3.8, 4) is 0 Å². The molecule has 1 saturated heterocycles. The first-order valence-electron chi connectivity index (χ1n) is 19.5. The lowest BCUT2D eigenvalue weighted by molar-refractivity contribution is -0.150. The van der Waals surface area contributed by atoms with Crippen LogP contribution in [-0.4, -0.2) is 137 Å². The van der Waals surface area contributed by atoms with Gasteiger partial charge in [0, 0.05) is 39.0 Å². The standard InChI is InChI=1S/C42H57N8O6P/c43-20-10-12-22-45-27-39(53)49(26-36-18-8-3-9-19-36)31-40(54)47(24-34-14-4-1-5-15-34)29-38(52)46(23-13-11-21-44)28-42(56)50(33-57)32-41(55)48(30-37(45)51)25-35-16-6-2-7-17-35/h1-9,14-19H,10-13,20-33,43-44,57H2. The molecule has 1 aliphatic heterocycles. The van der Waals surface area contributed by atoms with Crippen molar-refractivity contribution < 1.29 is 28.8 Å². The zero-order valence-electron chi connectivity index (χ0n) is 32.8. The van der Waals surface area contributed by atoms with Crippen LogP contribution < -0.4 is 11.5 Å². The second kappa shape index (κ2) is 23.8. The van der Waals surface area contributed by atoms with Crippen molar-refractivity contribution in [2.75, 3.05) is 71.7 Å². The first kappa shape index (κ1) is 44.5. The fourth-order valence-corrected chi connectivity index (χ4v) is 6.75. The van der Waals surface area contributed by atoms with Gasteiger partial charge in [-0.3, -0.25) is 28.8 Å². The molecule has 14 nitrogen and oxygen atoms in total. The number of nitrogens with two attached hydrogens (primary N) is 2. The van der Waals surface area contributed by atoms with Crippen LogP contribution in [0.4, 0.5) is 0 Å². The molecule has 1 aliphatic rings. The van der Waals surface area contributed by atoms with Crippen molar-refractivity contribution in [1.29, 1.82) is 0 Å². The first-order chi connectivity index (χ1) is 27.6. The van der Waals surface area contributed by atoms with Gasteiger partial charge in [-0.15, -0.1) is 9.24 Å². The molecule has 306 valence electrons.